The van der Waals surface area contributed by atoms with Crippen LogP contribution in [0.5, 0.6) is 0 Å². The number of hydrogen-bond acceptors (Lipinski definition) is 1. The molecule has 0 saturated carbocycles. The van der Waals surface area contributed by atoms with Crippen molar-refractivity contribution in [3.8, 4) is 0 Å². The first-order chi connectivity index (χ1) is 12.4. The first-order valence-electron chi connectivity index (χ1n) is 9.23. The van der Waals surface area contributed by atoms with Crippen LogP contribution in [0.15, 0.2) is 30.3 Å². The molecule has 0 saturated heterocycles. The molecule has 1 aromatic heterocycles. The lowest BCUT2D eigenvalue weighted by Gasteiger charge is -2.40. The van der Waals surface area contributed by atoms with Crippen molar-refractivity contribution in [3.05, 3.63) is 69.9 Å². The number of aromatic nitrogens is 1. The smallest absolute Gasteiger partial charge is 0.131 e. The zero-order valence-electron chi connectivity index (χ0n) is 15.7. The Morgan fingerprint density at radius 1 is 1.15 bits per heavy atom. The lowest BCUT2D eigenvalue weighted by atomic mass is 9.87. The number of likely N-dealkylation sites (N-methyl/N-ethyl adjacent to an activating group) is 1. The average Bonchev–Trinajstić information content (AvgIpc) is 2.93. The molecule has 2 heterocycles. The number of rotatable bonds is 2. The van der Waals surface area contributed by atoms with Crippen molar-refractivity contribution in [2.75, 3.05) is 6.54 Å². The van der Waals surface area contributed by atoms with Gasteiger partial charge in [0.1, 0.15) is 11.6 Å². The topological polar surface area (TPSA) is 19.0 Å². The van der Waals surface area contributed by atoms with Crippen molar-refractivity contribution >= 4 is 10.9 Å². The summed E-state index contributed by atoms with van der Waals surface area (Å²) in [6, 6.07) is 8.78. The summed E-state index contributed by atoms with van der Waals surface area (Å²) >= 11 is 0. The van der Waals surface area contributed by atoms with Crippen LogP contribution in [0.2, 0.25) is 0 Å². The van der Waals surface area contributed by atoms with Gasteiger partial charge in [-0.2, -0.15) is 0 Å². The lowest BCUT2D eigenvalue weighted by Crippen LogP contribution is -2.43. The molecule has 0 fully saturated rings. The fourth-order valence-corrected chi connectivity index (χ4v) is 4.58. The molecule has 0 bridgehead atoms. The number of nitrogens with one attached hydrogen (secondary N) is 1. The summed E-state index contributed by atoms with van der Waals surface area (Å²) < 4.78 is 29.8. The molecule has 2 atom stereocenters. The number of benzene rings is 2. The monoisotopic (exact) mass is 354 g/mol. The largest absolute Gasteiger partial charge is 0.357 e. The highest BCUT2D eigenvalue weighted by atomic mass is 19.1. The molecule has 4 rings (SSSR count). The van der Waals surface area contributed by atoms with Crippen LogP contribution in [0.3, 0.4) is 0 Å². The molecule has 26 heavy (non-hydrogen) atoms. The summed E-state index contributed by atoms with van der Waals surface area (Å²) in [4.78, 5) is 5.67. The average molecular weight is 354 g/mol. The second-order valence-electron chi connectivity index (χ2n) is 7.44. The molecule has 1 N–H and O–H groups in total. The van der Waals surface area contributed by atoms with Gasteiger partial charge in [0.05, 0.1) is 6.04 Å². The third-order valence-corrected chi connectivity index (χ3v) is 5.70. The van der Waals surface area contributed by atoms with E-state index in [2.05, 4.69) is 29.8 Å². The zero-order valence-corrected chi connectivity index (χ0v) is 15.7. The molecule has 0 spiro atoms. The van der Waals surface area contributed by atoms with E-state index in [1.165, 1.54) is 28.6 Å². The number of H-pyrrole nitrogens is 1. The van der Waals surface area contributed by atoms with Gasteiger partial charge in [0, 0.05) is 28.2 Å². The predicted molar refractivity (Wildman–Crippen MR) is 102 cm³/mol. The van der Waals surface area contributed by atoms with Gasteiger partial charge in [0.15, 0.2) is 0 Å². The highest BCUT2D eigenvalue weighted by molar-refractivity contribution is 5.88. The van der Waals surface area contributed by atoms with E-state index in [0.717, 1.165) is 24.2 Å². The van der Waals surface area contributed by atoms with E-state index < -0.39 is 17.7 Å². The lowest BCUT2D eigenvalue weighted by molar-refractivity contribution is 0.152. The first-order valence-corrected chi connectivity index (χ1v) is 9.23. The fraction of sp³-hybridized carbons (Fsp3) is 0.364. The van der Waals surface area contributed by atoms with Crippen LogP contribution in [0, 0.1) is 25.5 Å². The van der Waals surface area contributed by atoms with Gasteiger partial charge in [-0.1, -0.05) is 19.1 Å². The Morgan fingerprint density at radius 2 is 1.85 bits per heavy atom. The van der Waals surface area contributed by atoms with Crippen molar-refractivity contribution in [2.45, 2.75) is 46.2 Å². The molecule has 0 aliphatic carbocycles. The molecular weight excluding hydrogens is 330 g/mol. The minimum Gasteiger partial charge on any atom is -0.357 e. The summed E-state index contributed by atoms with van der Waals surface area (Å²) in [7, 11) is 0. The van der Waals surface area contributed by atoms with Gasteiger partial charge in [-0.15, -0.1) is 0 Å². The molecule has 1 aliphatic heterocycles. The summed E-state index contributed by atoms with van der Waals surface area (Å²) in [5.74, 6) is -0.942. The highest BCUT2D eigenvalue weighted by Gasteiger charge is 2.38. The quantitative estimate of drug-likeness (QED) is 0.651. The van der Waals surface area contributed by atoms with Crippen molar-refractivity contribution < 1.29 is 8.78 Å². The van der Waals surface area contributed by atoms with E-state index in [4.69, 9.17) is 0 Å². The fourth-order valence-electron chi connectivity index (χ4n) is 4.58. The minimum absolute atomic E-state index is 0.148. The molecule has 0 unspecified atom stereocenters. The second-order valence-corrected chi connectivity index (χ2v) is 7.44. The van der Waals surface area contributed by atoms with Gasteiger partial charge in [-0.3, -0.25) is 4.90 Å². The molecule has 2 aromatic carbocycles. The van der Waals surface area contributed by atoms with E-state index in [-0.39, 0.29) is 11.6 Å². The Kier molecular flexibility index (Phi) is 4.11. The normalized spacial score (nSPS) is 20.5. The first kappa shape index (κ1) is 17.2. The Balaban J connectivity index is 2.03. The summed E-state index contributed by atoms with van der Waals surface area (Å²) in [6.07, 6.45) is 0.875. The summed E-state index contributed by atoms with van der Waals surface area (Å²) in [6.45, 7) is 8.73. The third kappa shape index (κ3) is 2.47. The van der Waals surface area contributed by atoms with Crippen LogP contribution < -0.4 is 0 Å². The number of nitrogens with zero attached hydrogens (tertiary/aromatic N) is 1. The third-order valence-electron chi connectivity index (χ3n) is 5.70. The van der Waals surface area contributed by atoms with Gasteiger partial charge in [0.25, 0.3) is 0 Å². The van der Waals surface area contributed by atoms with Gasteiger partial charge in [-0.25, -0.2) is 8.78 Å². The summed E-state index contributed by atoms with van der Waals surface area (Å²) in [5.41, 5.74) is 5.10. The van der Waals surface area contributed by atoms with E-state index in [1.54, 1.807) is 6.92 Å². The number of hydrogen-bond donors (Lipinski definition) is 1. The molecule has 136 valence electrons. The maximum atomic E-state index is 14.9. The van der Waals surface area contributed by atoms with Gasteiger partial charge in [-0.05, 0) is 68.6 Å². The number of aryl methyl sites for hydroxylation is 2. The Labute approximate surface area is 152 Å². The highest BCUT2D eigenvalue weighted by Crippen LogP contribution is 2.42. The molecule has 2 nitrogen and oxygen atoms in total. The van der Waals surface area contributed by atoms with Crippen LogP contribution in [0.25, 0.3) is 10.9 Å². The number of halogens is 2. The van der Waals surface area contributed by atoms with E-state index in [9.17, 15) is 8.78 Å². The van der Waals surface area contributed by atoms with Crippen LogP contribution in [-0.4, -0.2) is 22.5 Å². The number of aromatic amines is 1. The van der Waals surface area contributed by atoms with Gasteiger partial charge in [0.2, 0.25) is 0 Å². The van der Waals surface area contributed by atoms with Crippen LogP contribution in [0.1, 0.15) is 47.8 Å². The van der Waals surface area contributed by atoms with E-state index in [1.807, 2.05) is 19.1 Å². The summed E-state index contributed by atoms with van der Waals surface area (Å²) in [5, 5.41) is 1.20. The minimum atomic E-state index is -0.471. The van der Waals surface area contributed by atoms with Crippen molar-refractivity contribution in [1.29, 1.82) is 0 Å². The Morgan fingerprint density at radius 3 is 2.50 bits per heavy atom. The molecule has 0 amide bonds. The van der Waals surface area contributed by atoms with Gasteiger partial charge < -0.3 is 4.98 Å². The van der Waals surface area contributed by atoms with Gasteiger partial charge >= 0.3 is 0 Å². The maximum Gasteiger partial charge on any atom is 0.131 e. The van der Waals surface area contributed by atoms with E-state index in [0.29, 0.717) is 5.56 Å². The van der Waals surface area contributed by atoms with Crippen LogP contribution in [0.4, 0.5) is 8.78 Å². The second kappa shape index (κ2) is 6.20. The predicted octanol–water partition coefficient (Wildman–Crippen LogP) is 5.42. The van der Waals surface area contributed by atoms with Crippen molar-refractivity contribution in [1.82, 2.24) is 9.88 Å². The molecule has 3 aromatic rings. The Bertz CT molecular complexity index is 966. The maximum absolute atomic E-state index is 14.9. The van der Waals surface area contributed by atoms with E-state index >= 15 is 0 Å². The molecule has 0 radical (unpaired) electrons. The SMILES string of the molecule is CCN1[C@@H](c2c(F)cc(C)cc2F)c2[nH]c3cccc(C)c3c2C[C@@H]1C. The molecular formula is C22H24F2N2. The van der Waals surface area contributed by atoms with Crippen LogP contribution in [-0.2, 0) is 6.42 Å². The molecule has 4 heteroatoms. The Hall–Kier alpha value is -2.20. The standard InChI is InChI=1S/C22H24F2N2/c1-5-26-14(4)11-15-19-13(3)7-6-8-18(19)25-21(15)22(26)20-16(23)9-12(2)10-17(20)24/h6-10,14,22,25H,5,11H2,1-4H3/t14-,22-/m0/s1. The van der Waals surface area contributed by atoms with Crippen molar-refractivity contribution in [3.63, 3.8) is 0 Å². The van der Waals surface area contributed by atoms with Crippen molar-refractivity contribution in [2.24, 2.45) is 0 Å². The van der Waals surface area contributed by atoms with Crippen LogP contribution >= 0.6 is 0 Å². The number of fused-ring (bicyclic) bond motifs is 3. The zero-order chi connectivity index (χ0) is 18.6. The molecule has 1 aliphatic rings.